The highest BCUT2D eigenvalue weighted by Gasteiger charge is 2.01. The van der Waals surface area contributed by atoms with Crippen molar-refractivity contribution in [1.29, 1.82) is 0 Å². The van der Waals surface area contributed by atoms with Crippen molar-refractivity contribution in [2.45, 2.75) is 0 Å². The zero-order chi connectivity index (χ0) is 12.5. The molecule has 0 atom stereocenters. The van der Waals surface area contributed by atoms with Gasteiger partial charge in [-0.05, 0) is 39.5 Å². The van der Waals surface area contributed by atoms with Gasteiger partial charge in [0.1, 0.15) is 0 Å². The van der Waals surface area contributed by atoms with Crippen molar-refractivity contribution < 1.29 is 0 Å². The maximum Gasteiger partial charge on any atom is 0.227 e. The van der Waals surface area contributed by atoms with Gasteiger partial charge in [0, 0.05) is 36.8 Å². The minimum atomic E-state index is 0.590. The van der Waals surface area contributed by atoms with E-state index < -0.39 is 0 Å². The summed E-state index contributed by atoms with van der Waals surface area (Å²) in [7, 11) is 2.03. The number of aryl methyl sites for hydroxylation is 1. The number of benzene rings is 1. The molecule has 2 aromatic heterocycles. The van der Waals surface area contributed by atoms with Crippen LogP contribution in [0.1, 0.15) is 0 Å². The zero-order valence-electron chi connectivity index (χ0n) is 9.76. The van der Waals surface area contributed by atoms with Gasteiger partial charge in [0.15, 0.2) is 0 Å². The molecule has 0 aliphatic heterocycles. The molecule has 0 radical (unpaired) electrons. The van der Waals surface area contributed by atoms with Crippen molar-refractivity contribution in [3.05, 3.63) is 47.3 Å². The van der Waals surface area contributed by atoms with Crippen molar-refractivity contribution in [3.8, 4) is 0 Å². The van der Waals surface area contributed by atoms with Crippen LogP contribution in [0.3, 0.4) is 0 Å². The zero-order valence-corrected chi connectivity index (χ0v) is 11.3. The third-order valence-corrected chi connectivity index (χ3v) is 3.17. The summed E-state index contributed by atoms with van der Waals surface area (Å²) in [5.74, 6) is 0.590. The number of anilines is 2. The first-order valence-corrected chi connectivity index (χ1v) is 6.31. The van der Waals surface area contributed by atoms with E-state index in [9.17, 15) is 0 Å². The van der Waals surface area contributed by atoms with Crippen LogP contribution in [-0.4, -0.2) is 14.5 Å². The summed E-state index contributed by atoms with van der Waals surface area (Å²) in [5, 5.41) is 4.41. The molecule has 1 aromatic carbocycles. The first-order chi connectivity index (χ1) is 8.72. The van der Waals surface area contributed by atoms with E-state index in [1.807, 2.05) is 19.3 Å². The van der Waals surface area contributed by atoms with Crippen LogP contribution in [-0.2, 0) is 7.05 Å². The summed E-state index contributed by atoms with van der Waals surface area (Å²) in [6.07, 6.45) is 5.48. The van der Waals surface area contributed by atoms with Crippen LogP contribution in [0.2, 0.25) is 0 Å². The second-order valence-electron chi connectivity index (χ2n) is 4.05. The number of nitrogens with one attached hydrogen (secondary N) is 1. The van der Waals surface area contributed by atoms with Gasteiger partial charge in [-0.25, -0.2) is 9.97 Å². The molecule has 18 heavy (non-hydrogen) atoms. The van der Waals surface area contributed by atoms with Gasteiger partial charge in [-0.1, -0.05) is 6.07 Å². The Morgan fingerprint density at radius 2 is 1.94 bits per heavy atom. The second-order valence-corrected chi connectivity index (χ2v) is 4.97. The van der Waals surface area contributed by atoms with Gasteiger partial charge in [-0.15, -0.1) is 0 Å². The molecule has 0 amide bonds. The van der Waals surface area contributed by atoms with Gasteiger partial charge in [0.2, 0.25) is 5.95 Å². The largest absolute Gasteiger partial charge is 0.350 e. The number of nitrogens with zero attached hydrogens (tertiary/aromatic N) is 3. The van der Waals surface area contributed by atoms with E-state index in [2.05, 4.69) is 54.0 Å². The van der Waals surface area contributed by atoms with Gasteiger partial charge in [-0.3, -0.25) is 0 Å². The topological polar surface area (TPSA) is 42.7 Å². The smallest absolute Gasteiger partial charge is 0.227 e. The summed E-state index contributed by atoms with van der Waals surface area (Å²) < 4.78 is 2.95. The highest BCUT2D eigenvalue weighted by molar-refractivity contribution is 9.10. The lowest BCUT2D eigenvalue weighted by Crippen LogP contribution is -1.96. The van der Waals surface area contributed by atoms with Crippen molar-refractivity contribution in [1.82, 2.24) is 14.5 Å². The lowest BCUT2D eigenvalue weighted by molar-refractivity contribution is 0.969. The van der Waals surface area contributed by atoms with Crippen LogP contribution in [0.25, 0.3) is 10.9 Å². The SMILES string of the molecule is Cn1ccc2ccc(Nc3ncc(Br)cn3)cc21. The molecule has 0 fully saturated rings. The van der Waals surface area contributed by atoms with E-state index in [1.165, 1.54) is 10.9 Å². The molecule has 3 aromatic rings. The van der Waals surface area contributed by atoms with Crippen molar-refractivity contribution in [2.24, 2.45) is 7.05 Å². The molecular weight excluding hydrogens is 292 g/mol. The van der Waals surface area contributed by atoms with E-state index in [0.29, 0.717) is 5.95 Å². The quantitative estimate of drug-likeness (QED) is 0.788. The number of halogens is 1. The van der Waals surface area contributed by atoms with Crippen LogP contribution in [0.5, 0.6) is 0 Å². The third-order valence-electron chi connectivity index (χ3n) is 2.76. The Morgan fingerprint density at radius 3 is 2.72 bits per heavy atom. The Balaban J connectivity index is 1.94. The Hall–Kier alpha value is -1.88. The van der Waals surface area contributed by atoms with E-state index >= 15 is 0 Å². The minimum absolute atomic E-state index is 0.590. The lowest BCUT2D eigenvalue weighted by atomic mass is 10.2. The van der Waals surface area contributed by atoms with E-state index in [0.717, 1.165) is 10.2 Å². The third kappa shape index (κ3) is 2.09. The van der Waals surface area contributed by atoms with Gasteiger partial charge >= 0.3 is 0 Å². The Bertz CT molecular complexity index is 688. The van der Waals surface area contributed by atoms with Crippen LogP contribution < -0.4 is 5.32 Å². The molecule has 0 spiro atoms. The number of hydrogen-bond donors (Lipinski definition) is 1. The first-order valence-electron chi connectivity index (χ1n) is 5.52. The number of aromatic nitrogens is 3. The fraction of sp³-hybridized carbons (Fsp3) is 0.0769. The van der Waals surface area contributed by atoms with Crippen LogP contribution in [0.15, 0.2) is 47.3 Å². The summed E-state index contributed by atoms with van der Waals surface area (Å²) in [4.78, 5) is 8.38. The molecule has 5 heteroatoms. The fourth-order valence-electron chi connectivity index (χ4n) is 1.85. The normalized spacial score (nSPS) is 10.8. The molecule has 3 rings (SSSR count). The van der Waals surface area contributed by atoms with Crippen LogP contribution in [0, 0.1) is 0 Å². The Labute approximate surface area is 113 Å². The van der Waals surface area contributed by atoms with Gasteiger partial charge in [-0.2, -0.15) is 0 Å². The van der Waals surface area contributed by atoms with Crippen LogP contribution >= 0.6 is 15.9 Å². The lowest BCUT2D eigenvalue weighted by Gasteiger charge is -2.05. The predicted molar refractivity (Wildman–Crippen MR) is 75.9 cm³/mol. The number of hydrogen-bond acceptors (Lipinski definition) is 3. The van der Waals surface area contributed by atoms with E-state index in [4.69, 9.17) is 0 Å². The summed E-state index contributed by atoms with van der Waals surface area (Å²) in [5.41, 5.74) is 2.16. The Kier molecular flexibility index (Phi) is 2.76. The van der Waals surface area contributed by atoms with Gasteiger partial charge in [0.25, 0.3) is 0 Å². The van der Waals surface area contributed by atoms with Crippen molar-refractivity contribution >= 4 is 38.5 Å². The minimum Gasteiger partial charge on any atom is -0.350 e. The standard InChI is InChI=1S/C13H11BrN4/c1-18-5-4-9-2-3-11(6-12(9)18)17-13-15-7-10(14)8-16-13/h2-8H,1H3,(H,15,16,17). The predicted octanol–water partition coefficient (Wildman–Crippen LogP) is 3.47. The molecule has 0 saturated heterocycles. The maximum absolute atomic E-state index is 4.19. The number of fused-ring (bicyclic) bond motifs is 1. The molecule has 4 nitrogen and oxygen atoms in total. The van der Waals surface area contributed by atoms with Crippen molar-refractivity contribution in [3.63, 3.8) is 0 Å². The molecule has 0 aliphatic rings. The van der Waals surface area contributed by atoms with Crippen molar-refractivity contribution in [2.75, 3.05) is 5.32 Å². The summed E-state index contributed by atoms with van der Waals surface area (Å²) >= 11 is 3.31. The average Bonchev–Trinajstić information content (AvgIpc) is 2.74. The summed E-state index contributed by atoms with van der Waals surface area (Å²) in [6.45, 7) is 0. The first kappa shape index (κ1) is 11.2. The molecule has 0 unspecified atom stereocenters. The molecule has 90 valence electrons. The Morgan fingerprint density at radius 1 is 1.17 bits per heavy atom. The van der Waals surface area contributed by atoms with Gasteiger partial charge < -0.3 is 9.88 Å². The fourth-order valence-corrected chi connectivity index (χ4v) is 2.05. The average molecular weight is 303 g/mol. The highest BCUT2D eigenvalue weighted by atomic mass is 79.9. The molecule has 0 aliphatic carbocycles. The van der Waals surface area contributed by atoms with E-state index in [1.54, 1.807) is 12.4 Å². The van der Waals surface area contributed by atoms with Crippen LogP contribution in [0.4, 0.5) is 11.6 Å². The monoisotopic (exact) mass is 302 g/mol. The molecule has 1 N–H and O–H groups in total. The molecule has 0 saturated carbocycles. The second kappa shape index (κ2) is 4.42. The maximum atomic E-state index is 4.19. The van der Waals surface area contributed by atoms with E-state index in [-0.39, 0.29) is 0 Å². The molecule has 0 bridgehead atoms. The molecule has 2 heterocycles. The summed E-state index contributed by atoms with van der Waals surface area (Å²) in [6, 6.07) is 8.28. The van der Waals surface area contributed by atoms with Gasteiger partial charge in [0.05, 0.1) is 4.47 Å². The molecular formula is C13H11BrN4. The number of rotatable bonds is 2. The highest BCUT2D eigenvalue weighted by Crippen LogP contribution is 2.21.